The third-order valence-corrected chi connectivity index (χ3v) is 0.806. The zero-order valence-electron chi connectivity index (χ0n) is 4.57. The molecule has 0 amide bonds. The van der Waals surface area contributed by atoms with Gasteiger partial charge in [-0.3, -0.25) is 4.79 Å². The number of hydrogen-bond acceptors (Lipinski definition) is 4. The van der Waals surface area contributed by atoms with Crippen molar-refractivity contribution >= 4 is 25.8 Å². The van der Waals surface area contributed by atoms with Crippen LogP contribution in [0.3, 0.4) is 0 Å². The molecule has 0 aromatic carbocycles. The summed E-state index contributed by atoms with van der Waals surface area (Å²) in [5.41, 5.74) is 0.367. The highest BCUT2D eigenvalue weighted by Crippen LogP contribution is 1.98. The first kappa shape index (κ1) is 6.00. The number of carbonyl (C=O) groups is 1. The number of rotatable bonds is 1. The highest BCUT2D eigenvalue weighted by atomic mass is 16.5. The number of nitrogens with zero attached hydrogens (tertiary/aromatic N) is 2. The van der Waals surface area contributed by atoms with Gasteiger partial charge >= 0.3 is 0 Å². The second-order valence-corrected chi connectivity index (χ2v) is 1.48. The molecule has 1 rings (SSSR count). The molecule has 4 nitrogen and oxygen atoms in total. The molecule has 9 heavy (non-hydrogen) atoms. The summed E-state index contributed by atoms with van der Waals surface area (Å²) in [4.78, 5) is 9.67. The Balaban J connectivity index is 2.43. The molecule has 0 aromatic rings. The summed E-state index contributed by atoms with van der Waals surface area (Å²) in [6.07, 6.45) is 0.332. The van der Waals surface area contributed by atoms with Gasteiger partial charge in [0.05, 0.1) is 6.42 Å². The Hall–Kier alpha value is -1.13. The van der Waals surface area contributed by atoms with E-state index in [9.17, 15) is 4.79 Å². The van der Waals surface area contributed by atoms with Crippen LogP contribution in [0.25, 0.3) is 0 Å². The lowest BCUT2D eigenvalue weighted by Gasteiger charge is -1.90. The third kappa shape index (κ3) is 1.38. The monoisotopic (exact) mass is 122 g/mol. The van der Waals surface area contributed by atoms with Gasteiger partial charge in [-0.15, -0.1) is 5.10 Å². The summed E-state index contributed by atoms with van der Waals surface area (Å²) in [6, 6.07) is 0. The van der Waals surface area contributed by atoms with Gasteiger partial charge in [-0.25, -0.2) is 0 Å². The van der Waals surface area contributed by atoms with E-state index < -0.39 is 0 Å². The molecule has 0 bridgehead atoms. The largest absolute Gasteiger partial charge is 0.412 e. The van der Waals surface area contributed by atoms with Gasteiger partial charge in [0, 0.05) is 0 Å². The highest BCUT2D eigenvalue weighted by molar-refractivity contribution is 6.61. The lowest BCUT2D eigenvalue weighted by Crippen LogP contribution is -2.04. The summed E-state index contributed by atoms with van der Waals surface area (Å²) in [7, 11) is 5.19. The molecule has 0 spiro atoms. The van der Waals surface area contributed by atoms with Gasteiger partial charge in [-0.05, 0) is 5.61 Å². The average molecular weight is 122 g/mol. The van der Waals surface area contributed by atoms with E-state index in [1.54, 1.807) is 0 Å². The first-order chi connectivity index (χ1) is 4.33. The molecule has 0 aliphatic carbocycles. The van der Waals surface area contributed by atoms with Crippen molar-refractivity contribution in [1.82, 2.24) is 0 Å². The lowest BCUT2D eigenvalue weighted by molar-refractivity contribution is -0.121. The maximum Gasteiger partial charge on any atom is 0.299 e. The topological polar surface area (TPSA) is 51.0 Å². The molecular weight excluding hydrogens is 119 g/mol. The molecule has 0 N–H and O–H groups in total. The zero-order valence-corrected chi connectivity index (χ0v) is 4.57. The van der Waals surface area contributed by atoms with Crippen LogP contribution >= 0.6 is 0 Å². The molecule has 1 heterocycles. The summed E-state index contributed by atoms with van der Waals surface area (Å²) in [5, 5.41) is 6.87. The Kier molecular flexibility index (Phi) is 1.62. The van der Waals surface area contributed by atoms with E-state index >= 15 is 0 Å². The lowest BCUT2D eigenvalue weighted by atomic mass is 9.99. The van der Waals surface area contributed by atoms with Gasteiger partial charge in [0.2, 0.25) is 5.90 Å². The van der Waals surface area contributed by atoms with Gasteiger partial charge < -0.3 is 4.74 Å². The molecule has 0 fully saturated rings. The molecular formula is C4H3BN2O2. The Morgan fingerprint density at radius 1 is 1.67 bits per heavy atom. The van der Waals surface area contributed by atoms with Gasteiger partial charge in [0.25, 0.3) is 6.47 Å². The van der Waals surface area contributed by atoms with E-state index in [0.717, 1.165) is 0 Å². The Morgan fingerprint density at radius 2 is 2.44 bits per heavy atom. The van der Waals surface area contributed by atoms with Gasteiger partial charge in [-0.2, -0.15) is 5.10 Å². The number of carbonyl (C=O) groups excluding carboxylic acids is 1. The second-order valence-electron chi connectivity index (χ2n) is 1.48. The standard InChI is InChI=1S/C4H3BN2O2/c5-3-1-4(7-6-3)9-2-8/h2H,1H2. The summed E-state index contributed by atoms with van der Waals surface area (Å²) in [5.74, 6) is 0.252. The van der Waals surface area contributed by atoms with Crippen LogP contribution in [-0.2, 0) is 9.53 Å². The van der Waals surface area contributed by atoms with Crippen molar-refractivity contribution in [2.45, 2.75) is 6.42 Å². The summed E-state index contributed by atoms with van der Waals surface area (Å²) >= 11 is 0. The molecule has 0 atom stereocenters. The van der Waals surface area contributed by atoms with Crippen LogP contribution in [-0.4, -0.2) is 25.8 Å². The van der Waals surface area contributed by atoms with Crippen molar-refractivity contribution in [2.24, 2.45) is 10.2 Å². The minimum atomic E-state index is 0.252. The van der Waals surface area contributed by atoms with Crippen LogP contribution in [0.5, 0.6) is 0 Å². The van der Waals surface area contributed by atoms with Crippen molar-refractivity contribution in [3.8, 4) is 0 Å². The van der Waals surface area contributed by atoms with E-state index in [2.05, 4.69) is 14.9 Å². The molecule has 2 radical (unpaired) electrons. The van der Waals surface area contributed by atoms with Gasteiger partial charge in [-0.1, -0.05) is 0 Å². The molecule has 0 unspecified atom stereocenters. The van der Waals surface area contributed by atoms with Crippen LogP contribution in [0.4, 0.5) is 0 Å². The maximum atomic E-state index is 9.67. The first-order valence-electron chi connectivity index (χ1n) is 2.32. The Morgan fingerprint density at radius 3 is 2.89 bits per heavy atom. The SMILES string of the molecule is [B]C1=NN=C(OC=O)C1. The molecule has 0 saturated carbocycles. The third-order valence-electron chi connectivity index (χ3n) is 0.806. The number of hydrogen-bond donors (Lipinski definition) is 0. The van der Waals surface area contributed by atoms with E-state index in [1.807, 2.05) is 0 Å². The molecule has 5 heteroatoms. The highest BCUT2D eigenvalue weighted by Gasteiger charge is 2.07. The second kappa shape index (κ2) is 2.43. The van der Waals surface area contributed by atoms with E-state index in [-0.39, 0.29) is 5.90 Å². The molecule has 0 saturated heterocycles. The van der Waals surface area contributed by atoms with Crippen molar-refractivity contribution in [3.05, 3.63) is 0 Å². The fourth-order valence-electron chi connectivity index (χ4n) is 0.466. The van der Waals surface area contributed by atoms with E-state index in [4.69, 9.17) is 7.85 Å². The van der Waals surface area contributed by atoms with Crippen LogP contribution in [0.2, 0.25) is 0 Å². The van der Waals surface area contributed by atoms with Gasteiger partial charge in [0.15, 0.2) is 0 Å². The molecule has 1 aliphatic rings. The number of ether oxygens (including phenoxy) is 1. The smallest absolute Gasteiger partial charge is 0.299 e. The molecule has 44 valence electrons. The first-order valence-corrected chi connectivity index (χ1v) is 2.32. The maximum absolute atomic E-state index is 9.67. The van der Waals surface area contributed by atoms with Crippen molar-refractivity contribution < 1.29 is 9.53 Å². The van der Waals surface area contributed by atoms with Gasteiger partial charge in [0.1, 0.15) is 7.85 Å². The molecule has 0 aromatic heterocycles. The van der Waals surface area contributed by atoms with Crippen molar-refractivity contribution in [2.75, 3.05) is 0 Å². The fraction of sp³-hybridized carbons (Fsp3) is 0.250. The van der Waals surface area contributed by atoms with Crippen LogP contribution < -0.4 is 0 Å². The minimum absolute atomic E-state index is 0.252. The fourth-order valence-corrected chi connectivity index (χ4v) is 0.466. The zero-order chi connectivity index (χ0) is 6.69. The van der Waals surface area contributed by atoms with Crippen molar-refractivity contribution in [3.63, 3.8) is 0 Å². The predicted octanol–water partition coefficient (Wildman–Crippen LogP) is -0.556. The summed E-state index contributed by atoms with van der Waals surface area (Å²) < 4.78 is 4.35. The average Bonchev–Trinajstić information content (AvgIpc) is 2.17. The predicted molar refractivity (Wildman–Crippen MR) is 32.4 cm³/mol. The van der Waals surface area contributed by atoms with E-state index in [1.165, 1.54) is 0 Å². The Bertz CT molecular complexity index is 187. The quantitative estimate of drug-likeness (QED) is 0.345. The van der Waals surface area contributed by atoms with Crippen molar-refractivity contribution in [1.29, 1.82) is 0 Å². The van der Waals surface area contributed by atoms with E-state index in [0.29, 0.717) is 18.5 Å². The van der Waals surface area contributed by atoms with Crippen LogP contribution in [0.15, 0.2) is 10.2 Å². The minimum Gasteiger partial charge on any atom is -0.412 e. The summed E-state index contributed by atoms with van der Waals surface area (Å²) in [6.45, 7) is 0.299. The molecule has 1 aliphatic heterocycles. The normalized spacial score (nSPS) is 16.4. The van der Waals surface area contributed by atoms with Crippen LogP contribution in [0.1, 0.15) is 6.42 Å². The van der Waals surface area contributed by atoms with Crippen LogP contribution in [0, 0.1) is 0 Å². The Labute approximate surface area is 53.0 Å².